The summed E-state index contributed by atoms with van der Waals surface area (Å²) in [5, 5.41) is 18.3. The van der Waals surface area contributed by atoms with Crippen LogP contribution < -0.4 is 0 Å². The molecule has 1 unspecified atom stereocenters. The first kappa shape index (κ1) is 15.6. The van der Waals surface area contributed by atoms with E-state index < -0.39 is 12.1 Å². The van der Waals surface area contributed by atoms with Crippen molar-refractivity contribution in [1.29, 1.82) is 0 Å². The van der Waals surface area contributed by atoms with Gasteiger partial charge in [-0.05, 0) is 27.2 Å². The smallest absolute Gasteiger partial charge is 0.360 e. The van der Waals surface area contributed by atoms with E-state index in [2.05, 4.69) is 15.3 Å². The molecular weight excluding hydrogens is 292 g/mol. The Balaban J connectivity index is 2.50. The second-order valence-corrected chi connectivity index (χ2v) is 5.99. The third-order valence-electron chi connectivity index (χ3n) is 2.99. The number of esters is 1. The molecule has 0 aliphatic carbocycles. The molecule has 0 fully saturated rings. The summed E-state index contributed by atoms with van der Waals surface area (Å²) < 4.78 is 6.39. The minimum Gasteiger partial charge on any atom is -0.464 e. The molecule has 1 N–H and O–H groups in total. The Morgan fingerprint density at radius 3 is 2.71 bits per heavy atom. The van der Waals surface area contributed by atoms with Gasteiger partial charge in [0.1, 0.15) is 5.69 Å². The standard InChI is InChI=1S/C13H18N4O3S/c1-7(18)5-6-17-11(10(15-16-17)13(19)20-4)12-8(2)14-9(3)21-12/h7,18H,5-6H2,1-4H3. The summed E-state index contributed by atoms with van der Waals surface area (Å²) in [5.41, 5.74) is 1.60. The number of carbonyl (C=O) groups is 1. The predicted octanol–water partition coefficient (Wildman–Crippen LogP) is 1.58. The number of ether oxygens (including phenoxy) is 1. The normalized spacial score (nSPS) is 12.4. The monoisotopic (exact) mass is 310 g/mol. The van der Waals surface area contributed by atoms with Gasteiger partial charge in [0.25, 0.3) is 0 Å². The van der Waals surface area contributed by atoms with Crippen molar-refractivity contribution in [2.24, 2.45) is 0 Å². The van der Waals surface area contributed by atoms with Crippen LogP contribution in [0.2, 0.25) is 0 Å². The van der Waals surface area contributed by atoms with Gasteiger partial charge in [-0.1, -0.05) is 5.21 Å². The summed E-state index contributed by atoms with van der Waals surface area (Å²) in [6, 6.07) is 0. The van der Waals surface area contributed by atoms with E-state index >= 15 is 0 Å². The summed E-state index contributed by atoms with van der Waals surface area (Å²) >= 11 is 1.48. The summed E-state index contributed by atoms with van der Waals surface area (Å²) in [5.74, 6) is -0.529. The van der Waals surface area contributed by atoms with Crippen LogP contribution in [0.15, 0.2) is 0 Å². The van der Waals surface area contributed by atoms with Crippen LogP contribution in [0.1, 0.15) is 34.5 Å². The Bertz CT molecular complexity index is 648. The molecular formula is C13H18N4O3S. The predicted molar refractivity (Wildman–Crippen MR) is 78.2 cm³/mol. The Labute approximate surface area is 126 Å². The number of carbonyl (C=O) groups excluding carboxylic acids is 1. The first-order valence-electron chi connectivity index (χ1n) is 6.58. The first-order chi connectivity index (χ1) is 9.93. The summed E-state index contributed by atoms with van der Waals surface area (Å²) in [4.78, 5) is 17.1. The molecule has 0 saturated carbocycles. The van der Waals surface area contributed by atoms with Gasteiger partial charge in [-0.2, -0.15) is 0 Å². The highest BCUT2D eigenvalue weighted by Crippen LogP contribution is 2.32. The zero-order valence-electron chi connectivity index (χ0n) is 12.5. The van der Waals surface area contributed by atoms with Crippen LogP contribution in [0.25, 0.3) is 10.6 Å². The van der Waals surface area contributed by atoms with E-state index in [0.29, 0.717) is 18.7 Å². The van der Waals surface area contributed by atoms with Gasteiger partial charge < -0.3 is 9.84 Å². The molecule has 7 nitrogen and oxygen atoms in total. The SMILES string of the molecule is COC(=O)c1nnn(CCC(C)O)c1-c1sc(C)nc1C. The number of nitrogens with zero attached hydrogens (tertiary/aromatic N) is 4. The van der Waals surface area contributed by atoms with Gasteiger partial charge in [-0.25, -0.2) is 14.5 Å². The highest BCUT2D eigenvalue weighted by Gasteiger charge is 2.25. The number of aliphatic hydroxyl groups is 1. The quantitative estimate of drug-likeness (QED) is 0.843. The van der Waals surface area contributed by atoms with Crippen molar-refractivity contribution in [3.63, 3.8) is 0 Å². The van der Waals surface area contributed by atoms with Gasteiger partial charge in [0.05, 0.1) is 28.8 Å². The maximum absolute atomic E-state index is 11.9. The Hall–Kier alpha value is -1.80. The van der Waals surface area contributed by atoms with E-state index in [1.807, 2.05) is 13.8 Å². The van der Waals surface area contributed by atoms with Crippen molar-refractivity contribution < 1.29 is 14.6 Å². The van der Waals surface area contributed by atoms with Crippen molar-refractivity contribution >= 4 is 17.3 Å². The molecule has 0 radical (unpaired) electrons. The average molecular weight is 310 g/mol. The molecule has 0 spiro atoms. The number of thiazole rings is 1. The molecule has 1 atom stereocenters. The highest BCUT2D eigenvalue weighted by atomic mass is 32.1. The third-order valence-corrected chi connectivity index (χ3v) is 4.07. The molecule has 8 heteroatoms. The minimum atomic E-state index is -0.529. The number of aliphatic hydroxyl groups excluding tert-OH is 1. The van der Waals surface area contributed by atoms with Crippen molar-refractivity contribution in [2.75, 3.05) is 7.11 Å². The van der Waals surface area contributed by atoms with E-state index in [0.717, 1.165) is 15.6 Å². The van der Waals surface area contributed by atoms with Crippen LogP contribution in [0.3, 0.4) is 0 Å². The molecule has 2 aromatic heterocycles. The van der Waals surface area contributed by atoms with Crippen LogP contribution in [-0.2, 0) is 11.3 Å². The fraction of sp³-hybridized carbons (Fsp3) is 0.538. The fourth-order valence-electron chi connectivity index (χ4n) is 1.99. The van der Waals surface area contributed by atoms with Crippen LogP contribution >= 0.6 is 11.3 Å². The van der Waals surface area contributed by atoms with Gasteiger partial charge in [-0.15, -0.1) is 16.4 Å². The Kier molecular flexibility index (Phi) is 4.69. The van der Waals surface area contributed by atoms with E-state index in [9.17, 15) is 9.90 Å². The van der Waals surface area contributed by atoms with Gasteiger partial charge in [-0.3, -0.25) is 0 Å². The molecule has 0 aliphatic heterocycles. The van der Waals surface area contributed by atoms with E-state index in [1.165, 1.54) is 18.4 Å². The van der Waals surface area contributed by atoms with Crippen molar-refractivity contribution in [1.82, 2.24) is 20.0 Å². The van der Waals surface area contributed by atoms with E-state index in [4.69, 9.17) is 4.74 Å². The van der Waals surface area contributed by atoms with E-state index in [1.54, 1.807) is 11.6 Å². The van der Waals surface area contributed by atoms with Gasteiger partial charge in [0, 0.05) is 6.54 Å². The fourth-order valence-corrected chi connectivity index (χ4v) is 2.96. The summed E-state index contributed by atoms with van der Waals surface area (Å²) in [6.07, 6.45) is 0.0706. The summed E-state index contributed by atoms with van der Waals surface area (Å²) in [7, 11) is 1.31. The zero-order chi connectivity index (χ0) is 15.6. The molecule has 0 amide bonds. The molecule has 2 rings (SSSR count). The highest BCUT2D eigenvalue weighted by molar-refractivity contribution is 7.15. The van der Waals surface area contributed by atoms with Crippen LogP contribution in [0.4, 0.5) is 0 Å². The lowest BCUT2D eigenvalue weighted by Gasteiger charge is -2.08. The molecule has 2 heterocycles. The number of aromatic nitrogens is 4. The lowest BCUT2D eigenvalue weighted by Crippen LogP contribution is -2.10. The molecule has 0 bridgehead atoms. The number of methoxy groups -OCH3 is 1. The Morgan fingerprint density at radius 2 is 2.19 bits per heavy atom. The molecule has 0 aromatic carbocycles. The molecule has 2 aromatic rings. The number of aryl methyl sites for hydroxylation is 3. The summed E-state index contributed by atoms with van der Waals surface area (Å²) in [6.45, 7) is 5.96. The maximum Gasteiger partial charge on any atom is 0.360 e. The van der Waals surface area contributed by atoms with Crippen molar-refractivity contribution in [2.45, 2.75) is 39.8 Å². The lowest BCUT2D eigenvalue weighted by molar-refractivity contribution is 0.0595. The third kappa shape index (κ3) is 3.27. The van der Waals surface area contributed by atoms with Crippen molar-refractivity contribution in [3.8, 4) is 10.6 Å². The van der Waals surface area contributed by atoms with E-state index in [-0.39, 0.29) is 5.69 Å². The molecule has 0 saturated heterocycles. The number of rotatable bonds is 5. The number of hydrogen-bond donors (Lipinski definition) is 1. The molecule has 0 aliphatic rings. The lowest BCUT2D eigenvalue weighted by atomic mass is 10.2. The minimum absolute atomic E-state index is 0.176. The van der Waals surface area contributed by atoms with Gasteiger partial charge in [0.2, 0.25) is 0 Å². The Morgan fingerprint density at radius 1 is 1.48 bits per heavy atom. The van der Waals surface area contributed by atoms with Crippen LogP contribution in [-0.4, -0.2) is 44.3 Å². The zero-order valence-corrected chi connectivity index (χ0v) is 13.3. The van der Waals surface area contributed by atoms with Crippen molar-refractivity contribution in [3.05, 3.63) is 16.4 Å². The van der Waals surface area contributed by atoms with Gasteiger partial charge >= 0.3 is 5.97 Å². The largest absolute Gasteiger partial charge is 0.464 e. The topological polar surface area (TPSA) is 90.1 Å². The van der Waals surface area contributed by atoms with Gasteiger partial charge in [0.15, 0.2) is 5.69 Å². The average Bonchev–Trinajstić information content (AvgIpc) is 2.98. The first-order valence-corrected chi connectivity index (χ1v) is 7.40. The van der Waals surface area contributed by atoms with Crippen LogP contribution in [0.5, 0.6) is 0 Å². The maximum atomic E-state index is 11.9. The second-order valence-electron chi connectivity index (χ2n) is 4.79. The number of hydrogen-bond acceptors (Lipinski definition) is 7. The second kappa shape index (κ2) is 6.31. The molecule has 114 valence electrons. The van der Waals surface area contributed by atoms with Crippen LogP contribution in [0, 0.1) is 13.8 Å². The molecule has 21 heavy (non-hydrogen) atoms.